The van der Waals surface area contributed by atoms with Crippen molar-refractivity contribution in [1.29, 1.82) is 0 Å². The lowest BCUT2D eigenvalue weighted by molar-refractivity contribution is -0.153. The van der Waals surface area contributed by atoms with Crippen molar-refractivity contribution in [3.63, 3.8) is 0 Å². The van der Waals surface area contributed by atoms with Crippen LogP contribution in [0.25, 0.3) is 0 Å². The number of hydrogen-bond acceptors (Lipinski definition) is 3. The first-order chi connectivity index (χ1) is 8.07. The van der Waals surface area contributed by atoms with E-state index in [9.17, 15) is 21.6 Å². The number of sulfone groups is 1. The first kappa shape index (κ1) is 14.8. The van der Waals surface area contributed by atoms with Gasteiger partial charge in [0.05, 0.1) is 5.75 Å². The van der Waals surface area contributed by atoms with Crippen LogP contribution in [-0.4, -0.2) is 27.5 Å². The summed E-state index contributed by atoms with van der Waals surface area (Å²) in [5.74, 6) is -0.0691. The topological polar surface area (TPSA) is 43.4 Å². The van der Waals surface area contributed by atoms with Gasteiger partial charge in [0.1, 0.15) is 5.75 Å². The molecule has 0 unspecified atom stereocenters. The lowest BCUT2D eigenvalue weighted by Crippen LogP contribution is -2.19. The quantitative estimate of drug-likeness (QED) is 0.852. The highest BCUT2D eigenvalue weighted by Crippen LogP contribution is 2.22. The first-order valence-electron chi connectivity index (χ1n) is 5.04. The van der Waals surface area contributed by atoms with Gasteiger partial charge in [-0.05, 0) is 30.2 Å². The van der Waals surface area contributed by atoms with Crippen LogP contribution >= 0.6 is 0 Å². The molecule has 0 aliphatic heterocycles. The van der Waals surface area contributed by atoms with Crippen LogP contribution in [0.15, 0.2) is 18.2 Å². The van der Waals surface area contributed by atoms with Gasteiger partial charge in [0.15, 0.2) is 16.4 Å². The molecule has 7 heteroatoms. The van der Waals surface area contributed by atoms with Gasteiger partial charge < -0.3 is 4.74 Å². The highest BCUT2D eigenvalue weighted by molar-refractivity contribution is 7.89. The summed E-state index contributed by atoms with van der Waals surface area (Å²) < 4.78 is 62.6. The zero-order chi connectivity index (χ0) is 14.0. The number of aryl methyl sites for hydroxylation is 1. The Morgan fingerprint density at radius 2 is 1.89 bits per heavy atom. The molecular formula is C11H13F3O3S. The second kappa shape index (κ2) is 5.17. The number of hydrogen-bond donors (Lipinski definition) is 0. The zero-order valence-electron chi connectivity index (χ0n) is 9.91. The van der Waals surface area contributed by atoms with Crippen molar-refractivity contribution in [2.24, 2.45) is 0 Å². The summed E-state index contributed by atoms with van der Waals surface area (Å²) in [5, 5.41) is 0. The molecule has 0 fully saturated rings. The molecule has 18 heavy (non-hydrogen) atoms. The van der Waals surface area contributed by atoms with Gasteiger partial charge in [-0.3, -0.25) is 0 Å². The summed E-state index contributed by atoms with van der Waals surface area (Å²) in [6.45, 7) is 0.263. The lowest BCUT2D eigenvalue weighted by Gasteiger charge is -2.11. The van der Waals surface area contributed by atoms with E-state index in [1.54, 1.807) is 6.92 Å². The van der Waals surface area contributed by atoms with Crippen molar-refractivity contribution in [2.75, 3.05) is 12.9 Å². The number of ether oxygens (including phenoxy) is 1. The number of benzene rings is 1. The third-order valence-corrected chi connectivity index (χ3v) is 2.97. The van der Waals surface area contributed by atoms with E-state index in [1.165, 1.54) is 18.2 Å². The van der Waals surface area contributed by atoms with E-state index in [0.29, 0.717) is 11.1 Å². The third-order valence-electron chi connectivity index (χ3n) is 2.13. The normalized spacial score (nSPS) is 12.5. The van der Waals surface area contributed by atoms with Crippen LogP contribution in [-0.2, 0) is 15.6 Å². The minimum atomic E-state index is -4.39. The molecule has 102 valence electrons. The summed E-state index contributed by atoms with van der Waals surface area (Å²) in [7, 11) is -3.17. The highest BCUT2D eigenvalue weighted by Gasteiger charge is 2.28. The number of halogens is 3. The molecule has 0 aromatic heterocycles. The number of rotatable bonds is 4. The average molecular weight is 282 g/mol. The predicted octanol–water partition coefficient (Wildman–Crippen LogP) is 2.48. The Balaban J connectivity index is 2.80. The Morgan fingerprint density at radius 3 is 2.33 bits per heavy atom. The van der Waals surface area contributed by atoms with Crippen molar-refractivity contribution in [2.45, 2.75) is 18.9 Å². The minimum Gasteiger partial charge on any atom is -0.484 e. The molecule has 0 saturated heterocycles. The molecule has 0 N–H and O–H groups in total. The summed E-state index contributed by atoms with van der Waals surface area (Å²) >= 11 is 0. The molecule has 0 spiro atoms. The first-order valence-corrected chi connectivity index (χ1v) is 7.10. The Hall–Kier alpha value is -1.24. The van der Waals surface area contributed by atoms with Gasteiger partial charge in [-0.25, -0.2) is 8.42 Å². The van der Waals surface area contributed by atoms with Gasteiger partial charge in [-0.15, -0.1) is 0 Å². The van der Waals surface area contributed by atoms with Crippen LogP contribution in [0.3, 0.4) is 0 Å². The Kier molecular flexibility index (Phi) is 4.26. The fourth-order valence-corrected chi connectivity index (χ4v) is 2.26. The van der Waals surface area contributed by atoms with E-state index in [0.717, 1.165) is 6.26 Å². The van der Waals surface area contributed by atoms with Crippen molar-refractivity contribution in [1.82, 2.24) is 0 Å². The Morgan fingerprint density at radius 1 is 1.28 bits per heavy atom. The van der Waals surface area contributed by atoms with Crippen molar-refractivity contribution in [3.05, 3.63) is 29.3 Å². The SMILES string of the molecule is Cc1cc(OCC(F)(F)F)ccc1CS(C)(=O)=O. The van der Waals surface area contributed by atoms with Gasteiger partial charge in [0.25, 0.3) is 0 Å². The van der Waals surface area contributed by atoms with Crippen LogP contribution in [0.4, 0.5) is 13.2 Å². The molecule has 0 amide bonds. The standard InChI is InChI=1S/C11H13F3O3S/c1-8-5-10(17-7-11(12,13)14)4-3-9(8)6-18(2,15)16/h3-5H,6-7H2,1-2H3. The Labute approximate surface area is 103 Å². The fourth-order valence-electron chi connectivity index (χ4n) is 1.37. The van der Waals surface area contributed by atoms with Crippen LogP contribution in [0.5, 0.6) is 5.75 Å². The number of alkyl halides is 3. The van der Waals surface area contributed by atoms with Gasteiger partial charge in [0, 0.05) is 6.26 Å². The minimum absolute atomic E-state index is 0.0714. The van der Waals surface area contributed by atoms with E-state index in [2.05, 4.69) is 4.74 Å². The molecule has 0 radical (unpaired) electrons. The van der Waals surface area contributed by atoms with E-state index in [4.69, 9.17) is 0 Å². The zero-order valence-corrected chi connectivity index (χ0v) is 10.7. The fraction of sp³-hybridized carbons (Fsp3) is 0.455. The monoisotopic (exact) mass is 282 g/mol. The molecule has 0 aliphatic carbocycles. The van der Waals surface area contributed by atoms with E-state index in [-0.39, 0.29) is 11.5 Å². The predicted molar refractivity (Wildman–Crippen MR) is 61.3 cm³/mol. The molecule has 3 nitrogen and oxygen atoms in total. The second-order valence-electron chi connectivity index (χ2n) is 4.06. The van der Waals surface area contributed by atoms with Gasteiger partial charge >= 0.3 is 6.18 Å². The summed E-state index contributed by atoms with van der Waals surface area (Å²) in [4.78, 5) is 0. The Bertz CT molecular complexity index is 521. The molecule has 1 rings (SSSR count). The van der Waals surface area contributed by atoms with Crippen molar-refractivity contribution in [3.8, 4) is 5.75 Å². The van der Waals surface area contributed by atoms with Crippen LogP contribution in [0, 0.1) is 6.92 Å². The van der Waals surface area contributed by atoms with Gasteiger partial charge in [-0.1, -0.05) is 6.07 Å². The maximum Gasteiger partial charge on any atom is 0.422 e. The van der Waals surface area contributed by atoms with E-state index < -0.39 is 22.6 Å². The van der Waals surface area contributed by atoms with Gasteiger partial charge in [-0.2, -0.15) is 13.2 Å². The van der Waals surface area contributed by atoms with Gasteiger partial charge in [0.2, 0.25) is 0 Å². The molecule has 0 aliphatic rings. The molecule has 1 aromatic rings. The van der Waals surface area contributed by atoms with E-state index >= 15 is 0 Å². The average Bonchev–Trinajstić information content (AvgIpc) is 2.15. The third kappa shape index (κ3) is 5.39. The lowest BCUT2D eigenvalue weighted by atomic mass is 10.1. The maximum absolute atomic E-state index is 11.9. The molecule has 0 atom stereocenters. The summed E-state index contributed by atoms with van der Waals surface area (Å²) in [6, 6.07) is 4.19. The molecule has 0 bridgehead atoms. The second-order valence-corrected chi connectivity index (χ2v) is 6.20. The summed E-state index contributed by atoms with van der Waals surface area (Å²) in [5.41, 5.74) is 1.14. The van der Waals surface area contributed by atoms with Crippen LogP contribution in [0.2, 0.25) is 0 Å². The largest absolute Gasteiger partial charge is 0.484 e. The van der Waals surface area contributed by atoms with Crippen LogP contribution in [0.1, 0.15) is 11.1 Å². The van der Waals surface area contributed by atoms with Crippen molar-refractivity contribution >= 4 is 9.84 Å². The molecular weight excluding hydrogens is 269 g/mol. The van der Waals surface area contributed by atoms with Crippen molar-refractivity contribution < 1.29 is 26.3 Å². The highest BCUT2D eigenvalue weighted by atomic mass is 32.2. The van der Waals surface area contributed by atoms with Crippen LogP contribution < -0.4 is 4.74 Å². The molecule has 1 aromatic carbocycles. The smallest absolute Gasteiger partial charge is 0.422 e. The summed E-state index contributed by atoms with van der Waals surface area (Å²) in [6.07, 6.45) is -3.29. The molecule has 0 heterocycles. The maximum atomic E-state index is 11.9. The molecule has 0 saturated carbocycles. The van der Waals surface area contributed by atoms with E-state index in [1.807, 2.05) is 0 Å².